The third kappa shape index (κ3) is 6.03. The molecule has 1 N–H and O–H groups in total. The van der Waals surface area contributed by atoms with Crippen molar-refractivity contribution in [3.8, 4) is 5.75 Å². The third-order valence-corrected chi connectivity index (χ3v) is 4.93. The Bertz CT molecular complexity index is 934. The van der Waals surface area contributed by atoms with Crippen LogP contribution < -0.4 is 10.1 Å². The summed E-state index contributed by atoms with van der Waals surface area (Å²) in [4.78, 5) is 13.1. The molecule has 3 heteroatoms. The molecule has 150 valence electrons. The van der Waals surface area contributed by atoms with E-state index in [9.17, 15) is 4.79 Å². The molecule has 0 spiro atoms. The van der Waals surface area contributed by atoms with Gasteiger partial charge >= 0.3 is 0 Å². The van der Waals surface area contributed by atoms with Crippen molar-refractivity contribution in [1.29, 1.82) is 0 Å². The van der Waals surface area contributed by atoms with E-state index in [0.29, 0.717) is 18.8 Å². The molecule has 0 aromatic heterocycles. The number of carbonyl (C=O) groups is 1. The summed E-state index contributed by atoms with van der Waals surface area (Å²) in [5.41, 5.74) is 1.98. The smallest absolute Gasteiger partial charge is 0.167 e. The molecular formula is C26H29NO2. The minimum absolute atomic E-state index is 0.150. The van der Waals surface area contributed by atoms with Gasteiger partial charge in [0.15, 0.2) is 5.78 Å². The number of ether oxygens (including phenoxy) is 1. The maximum atomic E-state index is 13.1. The van der Waals surface area contributed by atoms with Crippen molar-refractivity contribution in [3.63, 3.8) is 0 Å². The minimum atomic E-state index is 0.150. The first-order valence-corrected chi connectivity index (χ1v) is 10.3. The standard InChI is InChI=1S/C26H29NO2/c1-2-18-27-19-9-20-29-25-17-16-22-13-6-7-14-23(22)26(25)24(28)15-8-12-21-10-4-3-5-11-21/h2-7,10-11,13-14,16-17,27H,1,8-9,12,15,18-20H2. The lowest BCUT2D eigenvalue weighted by atomic mass is 9.96. The van der Waals surface area contributed by atoms with Crippen LogP contribution in [0.5, 0.6) is 5.75 Å². The van der Waals surface area contributed by atoms with Gasteiger partial charge in [0.1, 0.15) is 5.75 Å². The normalized spacial score (nSPS) is 10.8. The van der Waals surface area contributed by atoms with E-state index >= 15 is 0 Å². The zero-order valence-electron chi connectivity index (χ0n) is 16.9. The fraction of sp³-hybridized carbons (Fsp3) is 0.269. The van der Waals surface area contributed by atoms with Gasteiger partial charge in [0.25, 0.3) is 0 Å². The molecule has 3 aromatic rings. The van der Waals surface area contributed by atoms with E-state index < -0.39 is 0 Å². The monoisotopic (exact) mass is 387 g/mol. The molecule has 29 heavy (non-hydrogen) atoms. The Hall–Kier alpha value is -2.91. The number of hydrogen-bond donors (Lipinski definition) is 1. The minimum Gasteiger partial charge on any atom is -0.493 e. The summed E-state index contributed by atoms with van der Waals surface area (Å²) in [6.07, 6.45) is 4.97. The molecule has 0 aliphatic heterocycles. The Morgan fingerprint density at radius 2 is 1.76 bits per heavy atom. The van der Waals surface area contributed by atoms with Gasteiger partial charge in [-0.25, -0.2) is 0 Å². The van der Waals surface area contributed by atoms with Gasteiger partial charge in [-0.3, -0.25) is 4.79 Å². The fourth-order valence-corrected chi connectivity index (χ4v) is 3.47. The summed E-state index contributed by atoms with van der Waals surface area (Å²) in [5.74, 6) is 0.842. The zero-order valence-corrected chi connectivity index (χ0v) is 16.9. The summed E-state index contributed by atoms with van der Waals surface area (Å²) in [7, 11) is 0. The van der Waals surface area contributed by atoms with E-state index in [-0.39, 0.29) is 5.78 Å². The lowest BCUT2D eigenvalue weighted by Gasteiger charge is -2.14. The Morgan fingerprint density at radius 1 is 0.966 bits per heavy atom. The highest BCUT2D eigenvalue weighted by Crippen LogP contribution is 2.30. The first kappa shape index (κ1) is 20.8. The molecule has 0 saturated carbocycles. The number of carbonyl (C=O) groups excluding carboxylic acids is 1. The number of ketones is 1. The zero-order chi connectivity index (χ0) is 20.3. The molecule has 0 amide bonds. The van der Waals surface area contributed by atoms with E-state index in [1.807, 2.05) is 60.7 Å². The summed E-state index contributed by atoms with van der Waals surface area (Å²) in [6.45, 7) is 5.93. The van der Waals surface area contributed by atoms with Crippen LogP contribution in [-0.2, 0) is 6.42 Å². The number of Topliss-reactive ketones (excluding diaryl/α,β-unsaturated/α-hetero) is 1. The number of fused-ring (bicyclic) bond motifs is 1. The summed E-state index contributed by atoms with van der Waals surface area (Å²) >= 11 is 0. The largest absolute Gasteiger partial charge is 0.493 e. The molecular weight excluding hydrogens is 358 g/mol. The molecule has 0 radical (unpaired) electrons. The predicted molar refractivity (Wildman–Crippen MR) is 121 cm³/mol. The maximum absolute atomic E-state index is 13.1. The van der Waals surface area contributed by atoms with Gasteiger partial charge in [-0.2, -0.15) is 0 Å². The molecule has 0 heterocycles. The molecule has 0 atom stereocenters. The average Bonchev–Trinajstić information content (AvgIpc) is 2.76. The quantitative estimate of drug-likeness (QED) is 0.250. The summed E-state index contributed by atoms with van der Waals surface area (Å²) in [5, 5.41) is 5.31. The van der Waals surface area contributed by atoms with Gasteiger partial charge in [-0.1, -0.05) is 66.7 Å². The molecule has 0 saturated heterocycles. The molecule has 0 aliphatic rings. The van der Waals surface area contributed by atoms with E-state index in [4.69, 9.17) is 4.74 Å². The average molecular weight is 388 g/mol. The molecule has 0 aliphatic carbocycles. The van der Waals surface area contributed by atoms with E-state index in [2.05, 4.69) is 24.0 Å². The molecule has 0 bridgehead atoms. The van der Waals surface area contributed by atoms with Crippen molar-refractivity contribution < 1.29 is 9.53 Å². The second-order valence-corrected chi connectivity index (χ2v) is 7.12. The second-order valence-electron chi connectivity index (χ2n) is 7.12. The Balaban J connectivity index is 1.69. The van der Waals surface area contributed by atoms with E-state index in [1.165, 1.54) is 5.56 Å². The van der Waals surface area contributed by atoms with Gasteiger partial charge in [0.2, 0.25) is 0 Å². The van der Waals surface area contributed by atoms with Crippen LogP contribution in [0.1, 0.15) is 35.2 Å². The third-order valence-electron chi connectivity index (χ3n) is 4.93. The second kappa shape index (κ2) is 11.2. The lowest BCUT2D eigenvalue weighted by molar-refractivity contribution is 0.0978. The first-order chi connectivity index (χ1) is 14.3. The van der Waals surface area contributed by atoms with Crippen LogP contribution in [0.25, 0.3) is 10.8 Å². The van der Waals surface area contributed by atoms with Gasteiger partial charge in [0, 0.05) is 13.0 Å². The van der Waals surface area contributed by atoms with Crippen molar-refractivity contribution in [2.24, 2.45) is 0 Å². The summed E-state index contributed by atoms with van der Waals surface area (Å²) in [6, 6.07) is 22.3. The van der Waals surface area contributed by atoms with Crippen LogP contribution in [0.4, 0.5) is 0 Å². The highest BCUT2D eigenvalue weighted by molar-refractivity contribution is 6.10. The summed E-state index contributed by atoms with van der Waals surface area (Å²) < 4.78 is 6.02. The van der Waals surface area contributed by atoms with Crippen molar-refractivity contribution in [3.05, 3.63) is 90.5 Å². The van der Waals surface area contributed by atoms with E-state index in [0.717, 1.165) is 48.7 Å². The molecule has 3 nitrogen and oxygen atoms in total. The van der Waals surface area contributed by atoms with Crippen LogP contribution in [0.15, 0.2) is 79.4 Å². The number of nitrogens with one attached hydrogen (secondary N) is 1. The van der Waals surface area contributed by atoms with Crippen molar-refractivity contribution in [1.82, 2.24) is 5.32 Å². The van der Waals surface area contributed by atoms with Crippen LogP contribution in [0.3, 0.4) is 0 Å². The number of benzene rings is 3. The number of hydrogen-bond acceptors (Lipinski definition) is 3. The fourth-order valence-electron chi connectivity index (χ4n) is 3.47. The molecule has 3 rings (SSSR count). The highest BCUT2D eigenvalue weighted by Gasteiger charge is 2.16. The Morgan fingerprint density at radius 3 is 2.59 bits per heavy atom. The number of aryl methyl sites for hydroxylation is 1. The van der Waals surface area contributed by atoms with Crippen LogP contribution in [0, 0.1) is 0 Å². The van der Waals surface area contributed by atoms with Crippen molar-refractivity contribution in [2.45, 2.75) is 25.7 Å². The van der Waals surface area contributed by atoms with Crippen LogP contribution in [0.2, 0.25) is 0 Å². The van der Waals surface area contributed by atoms with E-state index in [1.54, 1.807) is 0 Å². The number of rotatable bonds is 12. The van der Waals surface area contributed by atoms with Gasteiger partial charge in [-0.05, 0) is 48.2 Å². The van der Waals surface area contributed by atoms with Crippen molar-refractivity contribution >= 4 is 16.6 Å². The Labute approximate surface area is 173 Å². The predicted octanol–water partition coefficient (Wildman–Crippen LogP) is 5.59. The lowest BCUT2D eigenvalue weighted by Crippen LogP contribution is -2.17. The van der Waals surface area contributed by atoms with Crippen LogP contribution >= 0.6 is 0 Å². The molecule has 0 fully saturated rings. The Kier molecular flexibility index (Phi) is 8.02. The van der Waals surface area contributed by atoms with Gasteiger partial charge < -0.3 is 10.1 Å². The first-order valence-electron chi connectivity index (χ1n) is 10.3. The van der Waals surface area contributed by atoms with Crippen LogP contribution in [-0.4, -0.2) is 25.5 Å². The van der Waals surface area contributed by atoms with Crippen molar-refractivity contribution in [2.75, 3.05) is 19.7 Å². The topological polar surface area (TPSA) is 38.3 Å². The maximum Gasteiger partial charge on any atom is 0.167 e. The molecule has 3 aromatic carbocycles. The molecule has 0 unspecified atom stereocenters. The highest BCUT2D eigenvalue weighted by atomic mass is 16.5. The SMILES string of the molecule is C=CCNCCCOc1ccc2ccccc2c1C(=O)CCCc1ccccc1. The van der Waals surface area contributed by atoms with Gasteiger partial charge in [0.05, 0.1) is 12.2 Å². The van der Waals surface area contributed by atoms with Gasteiger partial charge in [-0.15, -0.1) is 6.58 Å².